The van der Waals surface area contributed by atoms with Crippen LogP contribution < -0.4 is 10.6 Å². The van der Waals surface area contributed by atoms with Gasteiger partial charge in [0.25, 0.3) is 5.91 Å². The van der Waals surface area contributed by atoms with Crippen molar-refractivity contribution in [1.82, 2.24) is 20.2 Å². The summed E-state index contributed by atoms with van der Waals surface area (Å²) in [5.74, 6) is 0.883. The molecule has 1 saturated heterocycles. The Morgan fingerprint density at radius 1 is 1.25 bits per heavy atom. The summed E-state index contributed by atoms with van der Waals surface area (Å²) in [5, 5.41) is 6.09. The van der Waals surface area contributed by atoms with Gasteiger partial charge in [-0.3, -0.25) is 4.79 Å². The number of para-hydroxylation sites is 1. The Hall–Kier alpha value is -2.47. The number of likely N-dealkylation sites (tertiary alicyclic amines) is 1. The van der Waals surface area contributed by atoms with E-state index in [1.165, 1.54) is 12.8 Å². The van der Waals surface area contributed by atoms with E-state index >= 15 is 0 Å². The van der Waals surface area contributed by atoms with E-state index < -0.39 is 0 Å². The summed E-state index contributed by atoms with van der Waals surface area (Å²) < 4.78 is 0. The molecule has 1 fully saturated rings. The lowest BCUT2D eigenvalue weighted by atomic mass is 9.98. The summed E-state index contributed by atoms with van der Waals surface area (Å²) in [6.45, 7) is 2.89. The smallest absolute Gasteiger partial charge is 0.254 e. The van der Waals surface area contributed by atoms with Crippen LogP contribution in [0.1, 0.15) is 23.2 Å². The van der Waals surface area contributed by atoms with Gasteiger partial charge in [0.1, 0.15) is 0 Å². The minimum Gasteiger partial charge on any atom is -0.352 e. The molecule has 0 unspecified atom stereocenters. The van der Waals surface area contributed by atoms with Crippen LogP contribution in [-0.2, 0) is 0 Å². The fourth-order valence-electron chi connectivity index (χ4n) is 2.94. The van der Waals surface area contributed by atoms with E-state index in [4.69, 9.17) is 0 Å². The Morgan fingerprint density at radius 3 is 2.71 bits per heavy atom. The third-order valence-corrected chi connectivity index (χ3v) is 4.22. The molecule has 3 rings (SSSR count). The maximum Gasteiger partial charge on any atom is 0.254 e. The van der Waals surface area contributed by atoms with Gasteiger partial charge in [-0.2, -0.15) is 0 Å². The van der Waals surface area contributed by atoms with Crippen LogP contribution in [0.25, 0.3) is 0 Å². The number of carbonyl (C=O) groups excluding carboxylic acids is 1. The second kappa shape index (κ2) is 7.88. The van der Waals surface area contributed by atoms with E-state index in [-0.39, 0.29) is 5.91 Å². The lowest BCUT2D eigenvalue weighted by Gasteiger charge is -2.29. The predicted molar refractivity (Wildman–Crippen MR) is 94.3 cm³/mol. The molecule has 1 aromatic carbocycles. The highest BCUT2D eigenvalue weighted by Gasteiger charge is 2.18. The Balaban J connectivity index is 1.52. The molecule has 0 aliphatic carbocycles. The fraction of sp³-hybridized carbons (Fsp3) is 0.389. The van der Waals surface area contributed by atoms with Crippen LogP contribution in [0.5, 0.6) is 0 Å². The van der Waals surface area contributed by atoms with Gasteiger partial charge in [-0.25, -0.2) is 9.97 Å². The molecule has 1 aliphatic heterocycles. The Morgan fingerprint density at radius 2 is 2.00 bits per heavy atom. The molecule has 1 amide bonds. The van der Waals surface area contributed by atoms with Crippen LogP contribution in [0.2, 0.25) is 0 Å². The minimum absolute atomic E-state index is 0.116. The first kappa shape index (κ1) is 16.4. The first-order valence-electron chi connectivity index (χ1n) is 8.31. The number of nitrogens with zero attached hydrogens (tertiary/aromatic N) is 3. The van der Waals surface area contributed by atoms with E-state index in [2.05, 4.69) is 32.5 Å². The Kier molecular flexibility index (Phi) is 5.38. The largest absolute Gasteiger partial charge is 0.352 e. The van der Waals surface area contributed by atoms with Crippen molar-refractivity contribution < 1.29 is 4.79 Å². The van der Waals surface area contributed by atoms with Crippen molar-refractivity contribution >= 4 is 17.5 Å². The first-order chi connectivity index (χ1) is 11.7. The lowest BCUT2D eigenvalue weighted by molar-refractivity contribution is 0.0936. The van der Waals surface area contributed by atoms with E-state index in [0.717, 1.165) is 18.8 Å². The quantitative estimate of drug-likeness (QED) is 0.883. The number of rotatable bonds is 5. The van der Waals surface area contributed by atoms with Crippen molar-refractivity contribution in [3.8, 4) is 0 Å². The van der Waals surface area contributed by atoms with Crippen molar-refractivity contribution in [1.29, 1.82) is 0 Å². The molecule has 6 heteroatoms. The standard InChI is InChI=1S/C18H23N5O/c1-23-9-5-6-14(13-23)10-19-17(24)15-11-20-18(21-12-15)22-16-7-3-2-4-8-16/h2-4,7-8,11-12,14H,5-6,9-10,13H2,1H3,(H,19,24)(H,20,21,22)/t14-/m0/s1. The topological polar surface area (TPSA) is 70.2 Å². The number of aromatic nitrogens is 2. The van der Waals surface area contributed by atoms with Crippen LogP contribution in [0.4, 0.5) is 11.6 Å². The predicted octanol–water partition coefficient (Wildman–Crippen LogP) is 2.29. The minimum atomic E-state index is -0.116. The van der Waals surface area contributed by atoms with Gasteiger partial charge in [0, 0.05) is 31.2 Å². The molecular weight excluding hydrogens is 302 g/mol. The maximum atomic E-state index is 12.2. The molecule has 2 heterocycles. The number of anilines is 2. The van der Waals surface area contributed by atoms with E-state index in [1.54, 1.807) is 12.4 Å². The number of nitrogens with one attached hydrogen (secondary N) is 2. The van der Waals surface area contributed by atoms with Crippen molar-refractivity contribution in [3.05, 3.63) is 48.3 Å². The summed E-state index contributed by atoms with van der Waals surface area (Å²) in [6.07, 6.45) is 5.47. The zero-order chi connectivity index (χ0) is 16.8. The van der Waals surface area contributed by atoms with Crippen LogP contribution in [0, 0.1) is 5.92 Å². The van der Waals surface area contributed by atoms with Gasteiger partial charge in [0.05, 0.1) is 5.56 Å². The highest BCUT2D eigenvalue weighted by molar-refractivity contribution is 5.93. The summed E-state index contributed by atoms with van der Waals surface area (Å²) in [6, 6.07) is 9.69. The van der Waals surface area contributed by atoms with Gasteiger partial charge in [0.15, 0.2) is 0 Å². The molecular formula is C18H23N5O. The summed E-state index contributed by atoms with van der Waals surface area (Å²) in [5.41, 5.74) is 1.40. The average molecular weight is 325 g/mol. The molecule has 0 saturated carbocycles. The molecule has 0 spiro atoms. The number of hydrogen-bond acceptors (Lipinski definition) is 5. The van der Waals surface area contributed by atoms with Crippen molar-refractivity contribution in [2.75, 3.05) is 32.0 Å². The van der Waals surface area contributed by atoms with E-state index in [9.17, 15) is 4.79 Å². The van der Waals surface area contributed by atoms with Gasteiger partial charge in [0.2, 0.25) is 5.95 Å². The molecule has 24 heavy (non-hydrogen) atoms. The number of hydrogen-bond donors (Lipinski definition) is 2. The van der Waals surface area contributed by atoms with Gasteiger partial charge in [-0.1, -0.05) is 18.2 Å². The Labute approximate surface area is 142 Å². The molecule has 1 atom stereocenters. The molecule has 0 bridgehead atoms. The summed E-state index contributed by atoms with van der Waals surface area (Å²) in [4.78, 5) is 22.9. The second-order valence-corrected chi connectivity index (χ2v) is 6.27. The molecule has 1 aliphatic rings. The maximum absolute atomic E-state index is 12.2. The van der Waals surface area contributed by atoms with E-state index in [1.807, 2.05) is 30.3 Å². The van der Waals surface area contributed by atoms with Crippen molar-refractivity contribution in [3.63, 3.8) is 0 Å². The molecule has 0 radical (unpaired) electrons. The normalized spacial score (nSPS) is 18.1. The molecule has 6 nitrogen and oxygen atoms in total. The van der Waals surface area contributed by atoms with Crippen molar-refractivity contribution in [2.24, 2.45) is 5.92 Å². The van der Waals surface area contributed by atoms with Gasteiger partial charge < -0.3 is 15.5 Å². The second-order valence-electron chi connectivity index (χ2n) is 6.27. The third-order valence-electron chi connectivity index (χ3n) is 4.22. The molecule has 126 valence electrons. The number of amides is 1. The fourth-order valence-corrected chi connectivity index (χ4v) is 2.94. The molecule has 1 aromatic heterocycles. The van der Waals surface area contributed by atoms with Crippen LogP contribution in [0.3, 0.4) is 0 Å². The average Bonchev–Trinajstić information content (AvgIpc) is 2.61. The molecule has 2 aromatic rings. The van der Waals surface area contributed by atoms with Gasteiger partial charge in [-0.05, 0) is 44.5 Å². The number of piperidine rings is 1. The van der Waals surface area contributed by atoms with Crippen LogP contribution >= 0.6 is 0 Å². The Bertz CT molecular complexity index is 659. The highest BCUT2D eigenvalue weighted by atomic mass is 16.1. The third kappa shape index (κ3) is 4.52. The lowest BCUT2D eigenvalue weighted by Crippen LogP contribution is -2.39. The van der Waals surface area contributed by atoms with E-state index in [0.29, 0.717) is 24.0 Å². The van der Waals surface area contributed by atoms with Crippen LogP contribution in [0.15, 0.2) is 42.7 Å². The van der Waals surface area contributed by atoms with Crippen LogP contribution in [-0.4, -0.2) is 47.5 Å². The SMILES string of the molecule is CN1CCC[C@@H](CNC(=O)c2cnc(Nc3ccccc3)nc2)C1. The molecule has 2 N–H and O–H groups in total. The summed E-state index contributed by atoms with van der Waals surface area (Å²) in [7, 11) is 2.13. The summed E-state index contributed by atoms with van der Waals surface area (Å²) >= 11 is 0. The van der Waals surface area contributed by atoms with Gasteiger partial charge >= 0.3 is 0 Å². The zero-order valence-corrected chi connectivity index (χ0v) is 13.9. The van der Waals surface area contributed by atoms with Crippen molar-refractivity contribution in [2.45, 2.75) is 12.8 Å². The number of benzene rings is 1. The monoisotopic (exact) mass is 325 g/mol. The van der Waals surface area contributed by atoms with Gasteiger partial charge in [-0.15, -0.1) is 0 Å². The zero-order valence-electron chi connectivity index (χ0n) is 13.9. The highest BCUT2D eigenvalue weighted by Crippen LogP contribution is 2.14. The first-order valence-corrected chi connectivity index (χ1v) is 8.31. The number of carbonyl (C=O) groups is 1.